The van der Waals surface area contributed by atoms with E-state index in [2.05, 4.69) is 22.1 Å². The van der Waals surface area contributed by atoms with Gasteiger partial charge in [-0.2, -0.15) is 0 Å². The van der Waals surface area contributed by atoms with Gasteiger partial charge in [0.15, 0.2) is 11.5 Å². The zero-order valence-electron chi connectivity index (χ0n) is 12.5. The van der Waals surface area contributed by atoms with Gasteiger partial charge < -0.3 is 9.47 Å². The molecule has 110 valence electrons. The Morgan fingerprint density at radius 3 is 2.27 bits per heavy atom. The molecule has 2 heterocycles. The van der Waals surface area contributed by atoms with E-state index in [9.17, 15) is 0 Å². The third-order valence-corrected chi connectivity index (χ3v) is 4.30. The van der Waals surface area contributed by atoms with Gasteiger partial charge in [0.2, 0.25) is 0 Å². The first-order chi connectivity index (χ1) is 10.8. The van der Waals surface area contributed by atoms with Crippen molar-refractivity contribution < 1.29 is 9.47 Å². The molecule has 4 nitrogen and oxygen atoms in total. The van der Waals surface area contributed by atoms with E-state index in [0.717, 1.165) is 22.7 Å². The van der Waals surface area contributed by atoms with E-state index in [1.807, 2.05) is 36.7 Å². The fourth-order valence-corrected chi connectivity index (χ4v) is 3.24. The van der Waals surface area contributed by atoms with Crippen molar-refractivity contribution in [2.24, 2.45) is 15.9 Å². The van der Waals surface area contributed by atoms with Crippen LogP contribution in [-0.4, -0.2) is 26.6 Å². The molecule has 0 aromatic heterocycles. The summed E-state index contributed by atoms with van der Waals surface area (Å²) >= 11 is 0. The third-order valence-electron chi connectivity index (χ3n) is 4.30. The summed E-state index contributed by atoms with van der Waals surface area (Å²) in [6.07, 6.45) is 3.95. The van der Waals surface area contributed by atoms with Gasteiger partial charge in [-0.15, -0.1) is 0 Å². The van der Waals surface area contributed by atoms with Gasteiger partial charge in [-0.1, -0.05) is 18.2 Å². The molecule has 0 aliphatic carbocycles. The molecule has 2 aromatic carbocycles. The van der Waals surface area contributed by atoms with E-state index in [1.165, 1.54) is 5.56 Å². The van der Waals surface area contributed by atoms with Crippen LogP contribution in [0.4, 0.5) is 11.4 Å². The molecule has 0 N–H and O–H groups in total. The highest BCUT2D eigenvalue weighted by Crippen LogP contribution is 2.48. The van der Waals surface area contributed by atoms with Crippen LogP contribution in [0.2, 0.25) is 0 Å². The topological polar surface area (TPSA) is 43.2 Å². The van der Waals surface area contributed by atoms with Crippen molar-refractivity contribution >= 4 is 23.8 Å². The number of para-hydroxylation sites is 1. The molecular weight excluding hydrogens is 276 g/mol. The SMILES string of the molecule is COc1cc2c(cc1OC)C1c3ccccc3N=CC1C=N2. The Bertz CT molecular complexity index is 796. The molecule has 2 aliphatic heterocycles. The van der Waals surface area contributed by atoms with E-state index in [1.54, 1.807) is 14.2 Å². The maximum atomic E-state index is 5.46. The Hall–Kier alpha value is -2.62. The lowest BCUT2D eigenvalue weighted by Gasteiger charge is -2.31. The van der Waals surface area contributed by atoms with Crippen molar-refractivity contribution in [2.45, 2.75) is 5.92 Å². The van der Waals surface area contributed by atoms with Gasteiger partial charge in [0.1, 0.15) is 0 Å². The Morgan fingerprint density at radius 2 is 1.50 bits per heavy atom. The van der Waals surface area contributed by atoms with E-state index < -0.39 is 0 Å². The largest absolute Gasteiger partial charge is 0.493 e. The number of nitrogens with zero attached hydrogens (tertiary/aromatic N) is 2. The van der Waals surface area contributed by atoms with Crippen molar-refractivity contribution in [3.8, 4) is 11.5 Å². The lowest BCUT2D eigenvalue weighted by atomic mass is 9.77. The average molecular weight is 292 g/mol. The minimum atomic E-state index is 0.181. The molecule has 0 radical (unpaired) electrons. The standard InChI is InChI=1S/C18H16N2O2/c1-21-16-7-13-15(8-17(16)22-2)20-10-11-9-19-14-6-4-3-5-12(14)18(11)13/h3-11,18H,1-2H3. The molecule has 0 fully saturated rings. The Kier molecular flexibility index (Phi) is 2.96. The van der Waals surface area contributed by atoms with Crippen LogP contribution >= 0.6 is 0 Å². The highest BCUT2D eigenvalue weighted by atomic mass is 16.5. The number of rotatable bonds is 2. The molecule has 4 heteroatoms. The van der Waals surface area contributed by atoms with E-state index in [-0.39, 0.29) is 11.8 Å². The van der Waals surface area contributed by atoms with Crippen LogP contribution in [0.1, 0.15) is 17.0 Å². The van der Waals surface area contributed by atoms with Crippen LogP contribution in [0.3, 0.4) is 0 Å². The summed E-state index contributed by atoms with van der Waals surface area (Å²) in [5.41, 5.74) is 4.35. The molecule has 2 aromatic rings. The van der Waals surface area contributed by atoms with Gasteiger partial charge in [-0.3, -0.25) is 9.98 Å². The summed E-state index contributed by atoms with van der Waals surface area (Å²) in [5.74, 6) is 1.84. The summed E-state index contributed by atoms with van der Waals surface area (Å²) < 4.78 is 10.8. The van der Waals surface area contributed by atoms with Crippen LogP contribution in [-0.2, 0) is 0 Å². The van der Waals surface area contributed by atoms with E-state index in [0.29, 0.717) is 5.75 Å². The van der Waals surface area contributed by atoms with Crippen molar-refractivity contribution in [2.75, 3.05) is 14.2 Å². The van der Waals surface area contributed by atoms with Crippen molar-refractivity contribution in [1.82, 2.24) is 0 Å². The summed E-state index contributed by atoms with van der Waals surface area (Å²) in [4.78, 5) is 9.14. The summed E-state index contributed by atoms with van der Waals surface area (Å²) in [6, 6.07) is 12.2. The molecular formula is C18H16N2O2. The van der Waals surface area contributed by atoms with Crippen molar-refractivity contribution in [3.63, 3.8) is 0 Å². The monoisotopic (exact) mass is 292 g/mol. The van der Waals surface area contributed by atoms with Gasteiger partial charge in [-0.05, 0) is 23.3 Å². The fraction of sp³-hybridized carbons (Fsp3) is 0.222. The molecule has 0 saturated carbocycles. The zero-order chi connectivity index (χ0) is 15.1. The molecule has 2 unspecified atom stereocenters. The van der Waals surface area contributed by atoms with Crippen LogP contribution < -0.4 is 9.47 Å². The Morgan fingerprint density at radius 1 is 0.818 bits per heavy atom. The molecule has 4 rings (SSSR count). The van der Waals surface area contributed by atoms with Crippen molar-refractivity contribution in [1.29, 1.82) is 0 Å². The first-order valence-electron chi connectivity index (χ1n) is 7.25. The number of hydrogen-bond acceptors (Lipinski definition) is 4. The van der Waals surface area contributed by atoms with Crippen LogP contribution in [0.25, 0.3) is 0 Å². The minimum Gasteiger partial charge on any atom is -0.493 e. The van der Waals surface area contributed by atoms with E-state index >= 15 is 0 Å². The second kappa shape index (κ2) is 4.98. The summed E-state index contributed by atoms with van der Waals surface area (Å²) in [7, 11) is 3.30. The predicted molar refractivity (Wildman–Crippen MR) is 87.6 cm³/mol. The minimum absolute atomic E-state index is 0.181. The molecule has 2 atom stereocenters. The molecule has 22 heavy (non-hydrogen) atoms. The normalized spacial score (nSPS) is 20.8. The maximum absolute atomic E-state index is 5.46. The molecule has 0 bridgehead atoms. The van der Waals surface area contributed by atoms with Gasteiger partial charge in [0.25, 0.3) is 0 Å². The molecule has 0 saturated heterocycles. The lowest BCUT2D eigenvalue weighted by Crippen LogP contribution is -2.23. The molecule has 0 amide bonds. The number of ether oxygens (including phenoxy) is 2. The maximum Gasteiger partial charge on any atom is 0.162 e. The second-order valence-electron chi connectivity index (χ2n) is 5.44. The van der Waals surface area contributed by atoms with Crippen molar-refractivity contribution in [3.05, 3.63) is 47.5 Å². The second-order valence-corrected chi connectivity index (χ2v) is 5.44. The number of hydrogen-bond donors (Lipinski definition) is 0. The Balaban J connectivity index is 1.93. The predicted octanol–water partition coefficient (Wildman–Crippen LogP) is 3.88. The van der Waals surface area contributed by atoms with Crippen LogP contribution in [0, 0.1) is 5.92 Å². The number of methoxy groups -OCH3 is 2. The van der Waals surface area contributed by atoms with Gasteiger partial charge >= 0.3 is 0 Å². The van der Waals surface area contributed by atoms with Gasteiger partial charge in [-0.25, -0.2) is 0 Å². The smallest absolute Gasteiger partial charge is 0.162 e. The zero-order valence-corrected chi connectivity index (χ0v) is 12.5. The average Bonchev–Trinajstić information content (AvgIpc) is 2.59. The lowest BCUT2D eigenvalue weighted by molar-refractivity contribution is 0.354. The van der Waals surface area contributed by atoms with Gasteiger partial charge in [0, 0.05) is 30.3 Å². The van der Waals surface area contributed by atoms with Crippen LogP contribution in [0.15, 0.2) is 46.4 Å². The fourth-order valence-electron chi connectivity index (χ4n) is 3.24. The Labute approximate surface area is 129 Å². The summed E-state index contributed by atoms with van der Waals surface area (Å²) in [6.45, 7) is 0. The van der Waals surface area contributed by atoms with Crippen LogP contribution in [0.5, 0.6) is 11.5 Å². The molecule has 0 spiro atoms. The molecule has 2 aliphatic rings. The number of fused-ring (bicyclic) bond motifs is 5. The first kappa shape index (κ1) is 13.1. The quantitative estimate of drug-likeness (QED) is 0.843. The van der Waals surface area contributed by atoms with Gasteiger partial charge in [0.05, 0.1) is 25.6 Å². The highest BCUT2D eigenvalue weighted by molar-refractivity contribution is 5.93. The summed E-state index contributed by atoms with van der Waals surface area (Å²) in [5, 5.41) is 0. The number of benzene rings is 2. The number of aliphatic imine (C=N–C) groups is 2. The first-order valence-corrected chi connectivity index (χ1v) is 7.25. The third kappa shape index (κ3) is 1.84. The highest BCUT2D eigenvalue weighted by Gasteiger charge is 2.33. The van der Waals surface area contributed by atoms with E-state index in [4.69, 9.17) is 9.47 Å².